The molecule has 1 amide bonds. The molecule has 1 aromatic rings. The quantitative estimate of drug-likeness (QED) is 0.357. The van der Waals surface area contributed by atoms with Crippen LogP contribution in [0.15, 0.2) is 35.5 Å². The van der Waals surface area contributed by atoms with Crippen molar-refractivity contribution in [3.8, 4) is 0 Å². The van der Waals surface area contributed by atoms with Crippen molar-refractivity contribution in [3.05, 3.63) is 30.3 Å². The van der Waals surface area contributed by atoms with Crippen LogP contribution in [-0.2, 0) is 9.57 Å². The molecule has 2 rings (SSSR count). The van der Waals surface area contributed by atoms with Crippen LogP contribution in [0.2, 0.25) is 0 Å². The van der Waals surface area contributed by atoms with E-state index >= 15 is 0 Å². The lowest BCUT2D eigenvalue weighted by Gasteiger charge is -2.34. The summed E-state index contributed by atoms with van der Waals surface area (Å²) >= 11 is 0. The van der Waals surface area contributed by atoms with Crippen molar-refractivity contribution in [2.75, 3.05) is 11.9 Å². The Morgan fingerprint density at radius 3 is 2.55 bits per heavy atom. The fourth-order valence-electron chi connectivity index (χ4n) is 1.82. The summed E-state index contributed by atoms with van der Waals surface area (Å²) in [5.74, 6) is -0.514. The number of carbonyl (C=O) groups is 1. The van der Waals surface area contributed by atoms with Crippen LogP contribution in [0.25, 0.3) is 0 Å². The number of anilines is 1. The van der Waals surface area contributed by atoms with Gasteiger partial charge >= 0.3 is 6.09 Å². The molecule has 0 spiro atoms. The average Bonchev–Trinajstić information content (AvgIpc) is 2.53. The molecule has 9 nitrogen and oxygen atoms in total. The lowest BCUT2D eigenvalue weighted by molar-refractivity contribution is -0.130. The summed E-state index contributed by atoms with van der Waals surface area (Å²) < 4.78 is 4.97. The van der Waals surface area contributed by atoms with Crippen molar-refractivity contribution in [2.24, 2.45) is 5.16 Å². The second kappa shape index (κ2) is 7.18. The van der Waals surface area contributed by atoms with Gasteiger partial charge in [0.15, 0.2) is 12.2 Å². The Balaban J connectivity index is 1.98. The van der Waals surface area contributed by atoms with Crippen LogP contribution in [0.4, 0.5) is 10.5 Å². The molecule has 0 aromatic heterocycles. The highest BCUT2D eigenvalue weighted by molar-refractivity contribution is 5.86. The molecule has 0 saturated carbocycles. The number of rotatable bonds is 3. The van der Waals surface area contributed by atoms with Gasteiger partial charge in [0.25, 0.3) is 5.90 Å². The van der Waals surface area contributed by atoms with E-state index in [-0.39, 0.29) is 0 Å². The first-order valence-corrected chi connectivity index (χ1v) is 6.45. The average molecular weight is 312 g/mol. The monoisotopic (exact) mass is 312 g/mol. The Bertz CT molecular complexity index is 534. The molecular weight excluding hydrogens is 296 g/mol. The van der Waals surface area contributed by atoms with E-state index in [1.165, 1.54) is 0 Å². The number of hydrogen-bond donors (Lipinski definition) is 5. The fourth-order valence-corrected chi connectivity index (χ4v) is 1.82. The summed E-state index contributed by atoms with van der Waals surface area (Å²) in [6.45, 7) is -0.611. The van der Waals surface area contributed by atoms with Crippen molar-refractivity contribution >= 4 is 17.7 Å². The molecule has 1 aliphatic heterocycles. The first-order chi connectivity index (χ1) is 10.5. The van der Waals surface area contributed by atoms with E-state index in [9.17, 15) is 20.1 Å². The smallest absolute Gasteiger partial charge is 0.437 e. The summed E-state index contributed by atoms with van der Waals surface area (Å²) in [6, 6.07) is 8.44. The number of hydrogen-bond acceptors (Lipinski definition) is 8. The normalized spacial score (nSPS) is 29.7. The maximum Gasteiger partial charge on any atom is 0.437 e. The van der Waals surface area contributed by atoms with E-state index in [0.717, 1.165) is 0 Å². The van der Waals surface area contributed by atoms with E-state index in [0.29, 0.717) is 5.69 Å². The number of nitrogens with one attached hydrogen (secondary N) is 1. The van der Waals surface area contributed by atoms with Gasteiger partial charge in [-0.15, -0.1) is 0 Å². The maximum atomic E-state index is 11.5. The summed E-state index contributed by atoms with van der Waals surface area (Å²) in [6.07, 6.45) is -6.90. The van der Waals surface area contributed by atoms with E-state index < -0.39 is 43.0 Å². The molecule has 4 atom stereocenters. The minimum atomic E-state index is -1.68. The van der Waals surface area contributed by atoms with Crippen molar-refractivity contribution in [3.63, 3.8) is 0 Å². The van der Waals surface area contributed by atoms with Gasteiger partial charge < -0.3 is 25.2 Å². The summed E-state index contributed by atoms with van der Waals surface area (Å²) in [7, 11) is 0. The van der Waals surface area contributed by atoms with Crippen LogP contribution in [-0.4, -0.2) is 63.4 Å². The molecule has 9 heteroatoms. The van der Waals surface area contributed by atoms with Gasteiger partial charge in [0.1, 0.15) is 12.2 Å². The predicted molar refractivity (Wildman–Crippen MR) is 74.0 cm³/mol. The van der Waals surface area contributed by atoms with Gasteiger partial charge in [-0.3, -0.25) is 10.2 Å². The molecule has 0 unspecified atom stereocenters. The SMILES string of the molecule is O=C(Nc1ccccc1)O/N=C1\O[C@@H](CO)[C@@H](O)[C@H](O)[C@@H]1O. The van der Waals surface area contributed by atoms with E-state index in [1.54, 1.807) is 30.3 Å². The zero-order valence-corrected chi connectivity index (χ0v) is 11.4. The Kier molecular flexibility index (Phi) is 5.28. The van der Waals surface area contributed by atoms with Crippen molar-refractivity contribution in [1.82, 2.24) is 0 Å². The number of oxime groups is 1. The second-order valence-electron chi connectivity index (χ2n) is 4.56. The molecular formula is C13H16N2O7. The molecule has 5 N–H and O–H groups in total. The van der Waals surface area contributed by atoms with Gasteiger partial charge in [-0.05, 0) is 17.3 Å². The molecule has 0 aliphatic carbocycles. The lowest BCUT2D eigenvalue weighted by Crippen LogP contribution is -2.56. The highest BCUT2D eigenvalue weighted by Gasteiger charge is 2.42. The molecule has 1 aliphatic rings. The third kappa shape index (κ3) is 3.71. The number of aliphatic hydroxyl groups excluding tert-OH is 4. The lowest BCUT2D eigenvalue weighted by atomic mass is 10.00. The van der Waals surface area contributed by atoms with Crippen LogP contribution in [0, 0.1) is 0 Å². The molecule has 0 bridgehead atoms. The van der Waals surface area contributed by atoms with E-state index in [4.69, 9.17) is 9.84 Å². The minimum absolute atomic E-state index is 0.474. The summed E-state index contributed by atoms with van der Waals surface area (Å²) in [4.78, 5) is 16.0. The Hall–Kier alpha value is -2.20. The number of benzene rings is 1. The highest BCUT2D eigenvalue weighted by Crippen LogP contribution is 2.17. The summed E-state index contributed by atoms with van der Waals surface area (Å²) in [5.41, 5.74) is 0.474. The molecule has 1 heterocycles. The van der Waals surface area contributed by atoms with Crippen LogP contribution < -0.4 is 5.32 Å². The predicted octanol–water partition coefficient (Wildman–Crippen LogP) is -0.978. The number of ether oxygens (including phenoxy) is 1. The van der Waals surface area contributed by atoms with Crippen LogP contribution in [0.1, 0.15) is 0 Å². The third-order valence-corrected chi connectivity index (χ3v) is 3.00. The van der Waals surface area contributed by atoms with Gasteiger partial charge in [-0.25, -0.2) is 4.79 Å². The topological polar surface area (TPSA) is 141 Å². The number of nitrogens with zero attached hydrogens (tertiary/aromatic N) is 1. The van der Waals surface area contributed by atoms with Crippen molar-refractivity contribution in [1.29, 1.82) is 0 Å². The standard InChI is InChI=1S/C13H16N2O7/c16-6-8-9(17)10(18)11(19)12(21-8)15-22-13(20)14-7-4-2-1-3-5-7/h1-5,8-11,16-19H,6H2,(H,14,20)/b15-12-/t8-,9+,10-,11-/m0/s1. The first-order valence-electron chi connectivity index (χ1n) is 6.45. The largest absolute Gasteiger partial charge is 0.468 e. The highest BCUT2D eigenvalue weighted by atomic mass is 16.7. The Morgan fingerprint density at radius 1 is 1.23 bits per heavy atom. The Morgan fingerprint density at radius 2 is 1.91 bits per heavy atom. The second-order valence-corrected chi connectivity index (χ2v) is 4.56. The number of para-hydroxylation sites is 1. The van der Waals surface area contributed by atoms with Crippen molar-refractivity contribution in [2.45, 2.75) is 24.4 Å². The maximum absolute atomic E-state index is 11.5. The zero-order valence-electron chi connectivity index (χ0n) is 11.4. The number of amides is 1. The van der Waals surface area contributed by atoms with Gasteiger partial charge in [-0.1, -0.05) is 18.2 Å². The fraction of sp³-hybridized carbons (Fsp3) is 0.385. The summed E-state index contributed by atoms with van der Waals surface area (Å²) in [5, 5.41) is 43.5. The van der Waals surface area contributed by atoms with Gasteiger partial charge in [0, 0.05) is 5.69 Å². The van der Waals surface area contributed by atoms with Crippen LogP contribution in [0.3, 0.4) is 0 Å². The van der Waals surface area contributed by atoms with Gasteiger partial charge in [0.2, 0.25) is 0 Å². The molecule has 1 saturated heterocycles. The first kappa shape index (κ1) is 16.2. The van der Waals surface area contributed by atoms with Crippen LogP contribution >= 0.6 is 0 Å². The van der Waals surface area contributed by atoms with E-state index in [2.05, 4.69) is 15.3 Å². The molecule has 22 heavy (non-hydrogen) atoms. The molecule has 1 aromatic carbocycles. The molecule has 0 radical (unpaired) electrons. The van der Waals surface area contributed by atoms with Crippen LogP contribution in [0.5, 0.6) is 0 Å². The van der Waals surface area contributed by atoms with Gasteiger partial charge in [-0.2, -0.15) is 0 Å². The Labute approximate surface area is 125 Å². The molecule has 1 fully saturated rings. The molecule has 120 valence electrons. The van der Waals surface area contributed by atoms with Crippen molar-refractivity contribution < 1.29 is 34.8 Å². The third-order valence-electron chi connectivity index (χ3n) is 3.00. The minimum Gasteiger partial charge on any atom is -0.468 e. The number of carbonyl (C=O) groups excluding carboxylic acids is 1. The van der Waals surface area contributed by atoms with E-state index in [1.807, 2.05) is 0 Å². The zero-order chi connectivity index (χ0) is 16.1. The number of aliphatic hydroxyl groups is 4. The van der Waals surface area contributed by atoms with Gasteiger partial charge in [0.05, 0.1) is 6.61 Å².